The molecule has 0 spiro atoms. The third-order valence-corrected chi connectivity index (χ3v) is 3.74. The second-order valence-electron chi connectivity index (χ2n) is 5.72. The Balaban J connectivity index is 1.84. The van der Waals surface area contributed by atoms with E-state index in [0.717, 1.165) is 6.07 Å². The Morgan fingerprint density at radius 2 is 1.54 bits per heavy atom. The average molecular weight is 350 g/mol. The maximum atomic E-state index is 12.9. The molecule has 0 aliphatic carbocycles. The van der Waals surface area contributed by atoms with Crippen molar-refractivity contribution < 1.29 is 19.0 Å². The molecule has 1 atom stereocenters. The van der Waals surface area contributed by atoms with E-state index in [1.54, 1.807) is 43.3 Å². The summed E-state index contributed by atoms with van der Waals surface area (Å²) in [5.41, 5.74) is 1.22. The number of hydrogen-bond donors (Lipinski definition) is 2. The van der Waals surface area contributed by atoms with E-state index in [1.165, 1.54) is 12.1 Å². The minimum Gasteiger partial charge on any atom is -0.502 e. The van der Waals surface area contributed by atoms with Crippen LogP contribution in [0.3, 0.4) is 0 Å². The number of rotatable bonds is 2. The van der Waals surface area contributed by atoms with Gasteiger partial charge in [-0.15, -0.1) is 0 Å². The lowest BCUT2D eigenvalue weighted by molar-refractivity contribution is 0.176. The van der Waals surface area contributed by atoms with Gasteiger partial charge in [0.25, 0.3) is 0 Å². The molecule has 0 bridgehead atoms. The van der Waals surface area contributed by atoms with Crippen molar-refractivity contribution in [2.75, 3.05) is 0 Å². The second kappa shape index (κ2) is 7.26. The molecule has 1 aromatic heterocycles. The molecule has 0 aliphatic heterocycles. The molecule has 3 rings (SSSR count). The molecule has 0 saturated carbocycles. The van der Waals surface area contributed by atoms with Gasteiger partial charge in [0.05, 0.1) is 0 Å². The van der Waals surface area contributed by atoms with Crippen molar-refractivity contribution in [1.82, 2.24) is 0 Å². The fourth-order valence-corrected chi connectivity index (χ4v) is 2.39. The van der Waals surface area contributed by atoms with Crippen molar-refractivity contribution in [3.8, 4) is 17.6 Å². The van der Waals surface area contributed by atoms with Crippen LogP contribution in [0.15, 0.2) is 63.8 Å². The largest absolute Gasteiger partial charge is 0.502 e. The molecular formula is C21H15FO4. The molecule has 130 valence electrons. The van der Waals surface area contributed by atoms with Crippen LogP contribution >= 0.6 is 0 Å². The summed E-state index contributed by atoms with van der Waals surface area (Å²) in [6, 6.07) is 13.6. The maximum Gasteiger partial charge on any atom is 0.227 e. The summed E-state index contributed by atoms with van der Waals surface area (Å²) in [6.07, 6.45) is -1.28. The van der Waals surface area contributed by atoms with E-state index in [1.807, 2.05) is 0 Å². The molecule has 0 amide bonds. The van der Waals surface area contributed by atoms with Gasteiger partial charge in [-0.2, -0.15) is 0 Å². The first-order valence-electron chi connectivity index (χ1n) is 7.83. The third-order valence-electron chi connectivity index (χ3n) is 3.74. The van der Waals surface area contributed by atoms with Crippen molar-refractivity contribution in [1.29, 1.82) is 0 Å². The van der Waals surface area contributed by atoms with Gasteiger partial charge in [0.15, 0.2) is 5.76 Å². The van der Waals surface area contributed by atoms with Crippen LogP contribution in [0.1, 0.15) is 34.3 Å². The predicted molar refractivity (Wildman–Crippen MR) is 94.3 cm³/mol. The Bertz CT molecular complexity index is 1040. The highest BCUT2D eigenvalue weighted by atomic mass is 19.1. The normalized spacial score (nSPS) is 11.5. The molecule has 1 heterocycles. The van der Waals surface area contributed by atoms with E-state index in [2.05, 4.69) is 11.8 Å². The van der Waals surface area contributed by atoms with Crippen molar-refractivity contribution in [3.63, 3.8) is 0 Å². The van der Waals surface area contributed by atoms with Gasteiger partial charge in [-0.1, -0.05) is 24.0 Å². The summed E-state index contributed by atoms with van der Waals surface area (Å²) in [5.74, 6) is 5.03. The molecule has 2 N–H and O–H groups in total. The minimum atomic E-state index is -1.28. The van der Waals surface area contributed by atoms with Gasteiger partial charge >= 0.3 is 0 Å². The SMILES string of the molecule is Cc1cc(=O)c(O)c(C(O)c2ccc(C#Cc3ccc(F)cc3)cc2)o1. The van der Waals surface area contributed by atoms with Gasteiger partial charge < -0.3 is 14.6 Å². The van der Waals surface area contributed by atoms with Gasteiger partial charge in [-0.05, 0) is 48.9 Å². The van der Waals surface area contributed by atoms with Gasteiger partial charge in [-0.3, -0.25) is 4.79 Å². The highest BCUT2D eigenvalue weighted by Gasteiger charge is 2.20. The highest BCUT2D eigenvalue weighted by molar-refractivity contribution is 5.44. The van der Waals surface area contributed by atoms with Crippen LogP contribution in [0.5, 0.6) is 5.75 Å². The third kappa shape index (κ3) is 3.82. The van der Waals surface area contributed by atoms with Gasteiger partial charge in [0.2, 0.25) is 11.2 Å². The number of aryl methyl sites for hydroxylation is 1. The Kier molecular flexibility index (Phi) is 4.87. The number of benzene rings is 2. The molecule has 0 fully saturated rings. The van der Waals surface area contributed by atoms with Crippen molar-refractivity contribution in [3.05, 3.63) is 98.8 Å². The monoisotopic (exact) mass is 350 g/mol. The Morgan fingerprint density at radius 1 is 1.00 bits per heavy atom. The lowest BCUT2D eigenvalue weighted by Crippen LogP contribution is -2.08. The molecule has 0 saturated heterocycles. The van der Waals surface area contributed by atoms with Crippen LogP contribution in [-0.4, -0.2) is 10.2 Å². The zero-order valence-electron chi connectivity index (χ0n) is 13.9. The smallest absolute Gasteiger partial charge is 0.227 e. The van der Waals surface area contributed by atoms with E-state index < -0.39 is 17.3 Å². The molecular weight excluding hydrogens is 335 g/mol. The Morgan fingerprint density at radius 3 is 2.12 bits per heavy atom. The van der Waals surface area contributed by atoms with E-state index in [9.17, 15) is 19.4 Å². The summed E-state index contributed by atoms with van der Waals surface area (Å²) in [7, 11) is 0. The van der Waals surface area contributed by atoms with E-state index in [-0.39, 0.29) is 11.6 Å². The zero-order valence-corrected chi connectivity index (χ0v) is 13.9. The molecule has 3 aromatic rings. The lowest BCUT2D eigenvalue weighted by atomic mass is 10.0. The van der Waals surface area contributed by atoms with Crippen molar-refractivity contribution >= 4 is 0 Å². The minimum absolute atomic E-state index is 0.194. The zero-order chi connectivity index (χ0) is 18.7. The summed E-state index contributed by atoms with van der Waals surface area (Å²) in [4.78, 5) is 11.6. The maximum absolute atomic E-state index is 12.9. The molecule has 0 aliphatic rings. The van der Waals surface area contributed by atoms with Crippen LogP contribution in [0.2, 0.25) is 0 Å². The van der Waals surface area contributed by atoms with E-state index >= 15 is 0 Å². The van der Waals surface area contributed by atoms with Crippen LogP contribution in [-0.2, 0) is 0 Å². The Labute approximate surface area is 149 Å². The summed E-state index contributed by atoms with van der Waals surface area (Å²) in [6.45, 7) is 1.56. The number of aromatic hydroxyl groups is 1. The summed E-state index contributed by atoms with van der Waals surface area (Å²) in [5, 5.41) is 20.2. The highest BCUT2D eigenvalue weighted by Crippen LogP contribution is 2.27. The molecule has 1 unspecified atom stereocenters. The quantitative estimate of drug-likeness (QED) is 0.696. The lowest BCUT2D eigenvalue weighted by Gasteiger charge is -2.12. The molecule has 2 aromatic carbocycles. The number of aliphatic hydroxyl groups is 1. The molecule has 0 radical (unpaired) electrons. The summed E-state index contributed by atoms with van der Waals surface area (Å²) >= 11 is 0. The van der Waals surface area contributed by atoms with E-state index in [4.69, 9.17) is 4.42 Å². The molecule has 5 heteroatoms. The first kappa shape index (κ1) is 17.5. The van der Waals surface area contributed by atoms with Gasteiger partial charge in [-0.25, -0.2) is 4.39 Å². The van der Waals surface area contributed by atoms with Gasteiger partial charge in [0.1, 0.15) is 17.7 Å². The van der Waals surface area contributed by atoms with Crippen LogP contribution in [0, 0.1) is 24.6 Å². The van der Waals surface area contributed by atoms with Crippen molar-refractivity contribution in [2.24, 2.45) is 0 Å². The fourth-order valence-electron chi connectivity index (χ4n) is 2.39. The number of hydrogen-bond acceptors (Lipinski definition) is 4. The fraction of sp³-hybridized carbons (Fsp3) is 0.0952. The topological polar surface area (TPSA) is 70.7 Å². The standard InChI is InChI=1S/C21H15FO4/c1-13-12-18(23)20(25)21(26-13)19(24)16-8-4-14(5-9-16)2-3-15-6-10-17(22)11-7-15/h4-12,19,24-25H,1H3. The Hall–Kier alpha value is -3.36. The van der Waals surface area contributed by atoms with Crippen molar-refractivity contribution in [2.45, 2.75) is 13.0 Å². The van der Waals surface area contributed by atoms with Crippen LogP contribution < -0.4 is 5.43 Å². The van der Waals surface area contributed by atoms with E-state index in [0.29, 0.717) is 22.5 Å². The van der Waals surface area contributed by atoms with Crippen LogP contribution in [0.4, 0.5) is 4.39 Å². The first-order chi connectivity index (χ1) is 12.4. The average Bonchev–Trinajstić information content (AvgIpc) is 2.64. The second-order valence-corrected chi connectivity index (χ2v) is 5.72. The van der Waals surface area contributed by atoms with Crippen LogP contribution in [0.25, 0.3) is 0 Å². The summed E-state index contributed by atoms with van der Waals surface area (Å²) < 4.78 is 18.2. The number of aliphatic hydroxyl groups excluding tert-OH is 1. The molecule has 4 nitrogen and oxygen atoms in total. The first-order valence-corrected chi connectivity index (χ1v) is 7.83. The predicted octanol–water partition coefficient (Wildman–Crippen LogP) is 3.27. The van der Waals surface area contributed by atoms with Gasteiger partial charge in [0, 0.05) is 17.2 Å². The molecule has 26 heavy (non-hydrogen) atoms. The number of halogens is 1.